The van der Waals surface area contributed by atoms with Crippen LogP contribution >= 0.6 is 0 Å². The van der Waals surface area contributed by atoms with Gasteiger partial charge in [-0.2, -0.15) is 5.26 Å². The normalized spacial score (nSPS) is 19.0. The van der Waals surface area contributed by atoms with E-state index < -0.39 is 0 Å². The van der Waals surface area contributed by atoms with Gasteiger partial charge in [-0.15, -0.1) is 0 Å². The molecule has 0 N–H and O–H groups in total. The fourth-order valence-electron chi connectivity index (χ4n) is 3.33. The fourth-order valence-corrected chi connectivity index (χ4v) is 3.33. The van der Waals surface area contributed by atoms with Crippen LogP contribution in [0, 0.1) is 18.3 Å². The van der Waals surface area contributed by atoms with Crippen LogP contribution in [0.2, 0.25) is 0 Å². The Morgan fingerprint density at radius 1 is 1.29 bits per heavy atom. The number of amides is 1. The van der Waals surface area contributed by atoms with E-state index in [0.717, 1.165) is 12.8 Å². The van der Waals surface area contributed by atoms with Crippen LogP contribution in [-0.2, 0) is 0 Å². The highest BCUT2D eigenvalue weighted by Crippen LogP contribution is 2.27. The number of likely N-dealkylation sites (tertiary alicyclic amines) is 1. The molecule has 2 aromatic heterocycles. The molecule has 0 aliphatic carbocycles. The van der Waals surface area contributed by atoms with Crippen molar-refractivity contribution in [2.75, 3.05) is 13.2 Å². The molecule has 0 unspecified atom stereocenters. The van der Waals surface area contributed by atoms with E-state index in [-0.39, 0.29) is 18.1 Å². The number of rotatable bonds is 5. The van der Waals surface area contributed by atoms with E-state index in [4.69, 9.17) is 9.47 Å². The molecular weight excluding hydrogens is 356 g/mol. The Balaban J connectivity index is 1.78. The maximum Gasteiger partial charge on any atom is 0.259 e. The molecule has 0 spiro atoms. The summed E-state index contributed by atoms with van der Waals surface area (Å²) in [7, 11) is 0. The van der Waals surface area contributed by atoms with E-state index in [2.05, 4.69) is 16.0 Å². The van der Waals surface area contributed by atoms with Crippen molar-refractivity contribution in [1.29, 1.82) is 5.26 Å². The molecule has 2 aromatic rings. The van der Waals surface area contributed by atoms with Gasteiger partial charge in [-0.05, 0) is 51.8 Å². The molecular formula is C21H24N4O3. The third-order valence-corrected chi connectivity index (χ3v) is 4.94. The summed E-state index contributed by atoms with van der Waals surface area (Å²) in [5.74, 6) is 0.680. The Morgan fingerprint density at radius 3 is 2.82 bits per heavy atom. The summed E-state index contributed by atoms with van der Waals surface area (Å²) in [5.41, 5.74) is 1.71. The predicted octanol–water partition coefficient (Wildman–Crippen LogP) is 3.13. The minimum atomic E-state index is -0.187. The van der Waals surface area contributed by atoms with Crippen LogP contribution in [0.15, 0.2) is 30.6 Å². The Morgan fingerprint density at radius 2 is 2.07 bits per heavy atom. The van der Waals surface area contributed by atoms with Gasteiger partial charge in [0, 0.05) is 24.0 Å². The molecule has 1 aliphatic heterocycles. The molecule has 0 saturated carbocycles. The number of aromatic nitrogens is 2. The molecule has 0 aromatic carbocycles. The van der Waals surface area contributed by atoms with Crippen LogP contribution in [0.4, 0.5) is 0 Å². The van der Waals surface area contributed by atoms with Gasteiger partial charge in [-0.3, -0.25) is 4.79 Å². The number of nitriles is 1. The first-order chi connectivity index (χ1) is 13.5. The third-order valence-electron chi connectivity index (χ3n) is 4.94. The SMILES string of the molecule is CCOc1ncccc1C(=O)N1C[C@H](Oc2nccc(C#N)c2C)CC[C@H]1C. The van der Waals surface area contributed by atoms with Crippen LogP contribution in [0.25, 0.3) is 0 Å². The Bertz CT molecular complexity index is 893. The smallest absolute Gasteiger partial charge is 0.259 e. The van der Waals surface area contributed by atoms with Gasteiger partial charge in [0.2, 0.25) is 11.8 Å². The molecule has 1 amide bonds. The van der Waals surface area contributed by atoms with E-state index in [1.165, 1.54) is 0 Å². The molecule has 146 valence electrons. The topological polar surface area (TPSA) is 88.3 Å². The number of nitrogens with zero attached hydrogens (tertiary/aromatic N) is 4. The van der Waals surface area contributed by atoms with Gasteiger partial charge >= 0.3 is 0 Å². The average molecular weight is 380 g/mol. The van der Waals surface area contributed by atoms with Gasteiger partial charge in [-0.25, -0.2) is 9.97 Å². The van der Waals surface area contributed by atoms with Crippen molar-refractivity contribution in [1.82, 2.24) is 14.9 Å². The largest absolute Gasteiger partial charge is 0.477 e. The second kappa shape index (κ2) is 8.70. The zero-order chi connectivity index (χ0) is 20.1. The zero-order valence-electron chi connectivity index (χ0n) is 16.4. The maximum absolute atomic E-state index is 13.2. The minimum absolute atomic E-state index is 0.0848. The highest BCUT2D eigenvalue weighted by atomic mass is 16.5. The van der Waals surface area contributed by atoms with Crippen LogP contribution in [0.5, 0.6) is 11.8 Å². The summed E-state index contributed by atoms with van der Waals surface area (Å²) in [5, 5.41) is 9.19. The first-order valence-electron chi connectivity index (χ1n) is 9.46. The Labute approximate surface area is 164 Å². The van der Waals surface area contributed by atoms with Gasteiger partial charge in [0.05, 0.1) is 24.8 Å². The summed E-state index contributed by atoms with van der Waals surface area (Å²) in [6.45, 7) is 6.60. The second-order valence-electron chi connectivity index (χ2n) is 6.81. The lowest BCUT2D eigenvalue weighted by Gasteiger charge is -2.38. The number of hydrogen-bond donors (Lipinski definition) is 0. The van der Waals surface area contributed by atoms with Crippen LogP contribution in [-0.4, -0.2) is 46.1 Å². The molecule has 1 fully saturated rings. The van der Waals surface area contributed by atoms with Crippen molar-refractivity contribution >= 4 is 5.91 Å². The highest BCUT2D eigenvalue weighted by Gasteiger charge is 2.32. The maximum atomic E-state index is 13.2. The number of hydrogen-bond acceptors (Lipinski definition) is 6. The molecule has 3 heterocycles. The van der Waals surface area contributed by atoms with Gasteiger partial charge in [0.25, 0.3) is 5.91 Å². The second-order valence-corrected chi connectivity index (χ2v) is 6.81. The average Bonchev–Trinajstić information content (AvgIpc) is 2.71. The van der Waals surface area contributed by atoms with E-state index >= 15 is 0 Å². The van der Waals surface area contributed by atoms with Gasteiger partial charge < -0.3 is 14.4 Å². The monoisotopic (exact) mass is 380 g/mol. The number of pyridine rings is 2. The summed E-state index contributed by atoms with van der Waals surface area (Å²) in [6, 6.07) is 7.36. The Hall–Kier alpha value is -3.14. The lowest BCUT2D eigenvalue weighted by Crippen LogP contribution is -2.49. The quantitative estimate of drug-likeness (QED) is 0.792. The lowest BCUT2D eigenvalue weighted by molar-refractivity contribution is 0.0367. The highest BCUT2D eigenvalue weighted by molar-refractivity contribution is 5.96. The van der Waals surface area contributed by atoms with Crippen LogP contribution in [0.3, 0.4) is 0 Å². The Kier molecular flexibility index (Phi) is 6.09. The summed E-state index contributed by atoms with van der Waals surface area (Å²) in [6.07, 6.45) is 4.63. The minimum Gasteiger partial charge on any atom is -0.477 e. The third kappa shape index (κ3) is 4.06. The van der Waals surface area contributed by atoms with E-state index in [1.807, 2.05) is 20.8 Å². The van der Waals surface area contributed by atoms with Crippen molar-refractivity contribution < 1.29 is 14.3 Å². The number of carbonyl (C=O) groups is 1. The van der Waals surface area contributed by atoms with Crippen molar-refractivity contribution in [3.05, 3.63) is 47.3 Å². The summed E-state index contributed by atoms with van der Waals surface area (Å²) in [4.78, 5) is 23.4. The summed E-state index contributed by atoms with van der Waals surface area (Å²) < 4.78 is 11.6. The standard InChI is InChI=1S/C21H24N4O3/c1-4-27-20-18(6-5-10-23-20)21(26)25-13-17(8-7-14(25)2)28-19-15(3)16(12-22)9-11-24-19/h5-6,9-11,14,17H,4,7-8,13H2,1-3H3/t14-,17-/m1/s1. The first-order valence-corrected chi connectivity index (χ1v) is 9.46. The van der Waals surface area contributed by atoms with Crippen molar-refractivity contribution in [3.63, 3.8) is 0 Å². The van der Waals surface area contributed by atoms with Gasteiger partial charge in [-0.1, -0.05) is 0 Å². The zero-order valence-corrected chi connectivity index (χ0v) is 16.4. The molecule has 7 nitrogen and oxygen atoms in total. The predicted molar refractivity (Wildman–Crippen MR) is 103 cm³/mol. The van der Waals surface area contributed by atoms with Crippen molar-refractivity contribution in [3.8, 4) is 17.8 Å². The van der Waals surface area contributed by atoms with E-state index in [1.54, 1.807) is 35.5 Å². The van der Waals surface area contributed by atoms with Crippen molar-refractivity contribution in [2.45, 2.75) is 45.8 Å². The molecule has 3 rings (SSSR count). The molecule has 1 saturated heterocycles. The molecule has 28 heavy (non-hydrogen) atoms. The van der Waals surface area contributed by atoms with Crippen LogP contribution < -0.4 is 9.47 Å². The fraction of sp³-hybridized carbons (Fsp3) is 0.429. The van der Waals surface area contributed by atoms with E-state index in [9.17, 15) is 10.1 Å². The molecule has 2 atom stereocenters. The molecule has 0 bridgehead atoms. The molecule has 1 aliphatic rings. The summed E-state index contributed by atoms with van der Waals surface area (Å²) >= 11 is 0. The number of piperidine rings is 1. The first kappa shape index (κ1) is 19.6. The van der Waals surface area contributed by atoms with Gasteiger partial charge in [0.15, 0.2) is 0 Å². The number of ether oxygens (including phenoxy) is 2. The van der Waals surface area contributed by atoms with Gasteiger partial charge in [0.1, 0.15) is 11.7 Å². The molecule has 0 radical (unpaired) electrons. The van der Waals surface area contributed by atoms with E-state index in [0.29, 0.717) is 41.6 Å². The molecule has 7 heteroatoms. The lowest BCUT2D eigenvalue weighted by atomic mass is 10.00. The van der Waals surface area contributed by atoms with Crippen molar-refractivity contribution in [2.24, 2.45) is 0 Å². The van der Waals surface area contributed by atoms with Crippen LogP contribution in [0.1, 0.15) is 48.2 Å². The number of carbonyl (C=O) groups excluding carboxylic acids is 1.